The molecular formula is C16H26N4O3. The smallest absolute Gasteiger partial charge is 0.240 e. The fourth-order valence-electron chi connectivity index (χ4n) is 3.70. The van der Waals surface area contributed by atoms with Gasteiger partial charge in [-0.2, -0.15) is 4.98 Å². The zero-order valence-corrected chi connectivity index (χ0v) is 14.1. The molecule has 2 saturated heterocycles. The molecule has 3 heterocycles. The van der Waals surface area contributed by atoms with Crippen LogP contribution in [0.4, 0.5) is 0 Å². The van der Waals surface area contributed by atoms with Crippen LogP contribution in [-0.4, -0.2) is 65.7 Å². The molecule has 23 heavy (non-hydrogen) atoms. The summed E-state index contributed by atoms with van der Waals surface area (Å²) in [7, 11) is 1.68. The van der Waals surface area contributed by atoms with E-state index in [9.17, 15) is 4.79 Å². The highest BCUT2D eigenvalue weighted by molar-refractivity contribution is 5.77. The van der Waals surface area contributed by atoms with Crippen molar-refractivity contribution >= 4 is 5.91 Å². The predicted octanol–water partition coefficient (Wildman–Crippen LogP) is 1.23. The number of aromatic nitrogens is 2. The second-order valence-corrected chi connectivity index (χ2v) is 6.82. The van der Waals surface area contributed by atoms with E-state index in [4.69, 9.17) is 9.26 Å². The van der Waals surface area contributed by atoms with E-state index in [0.29, 0.717) is 31.3 Å². The number of hydrogen-bond donors (Lipinski definition) is 0. The van der Waals surface area contributed by atoms with Crippen molar-refractivity contribution in [2.45, 2.75) is 39.2 Å². The molecule has 0 atom stereocenters. The van der Waals surface area contributed by atoms with Crippen LogP contribution in [0.25, 0.3) is 0 Å². The number of hydrogen-bond acceptors (Lipinski definition) is 6. The highest BCUT2D eigenvalue weighted by Crippen LogP contribution is 2.40. The lowest BCUT2D eigenvalue weighted by Gasteiger charge is -2.47. The first-order valence-corrected chi connectivity index (χ1v) is 8.38. The highest BCUT2D eigenvalue weighted by Gasteiger charge is 2.40. The normalized spacial score (nSPS) is 22.0. The maximum absolute atomic E-state index is 12.1. The monoisotopic (exact) mass is 322 g/mol. The number of piperidine rings is 2. The largest absolute Gasteiger partial charge is 0.383 e. The molecular weight excluding hydrogens is 296 g/mol. The van der Waals surface area contributed by atoms with Gasteiger partial charge in [-0.05, 0) is 44.7 Å². The minimum atomic E-state index is 0.274. The van der Waals surface area contributed by atoms with E-state index in [1.165, 1.54) is 0 Å². The first-order chi connectivity index (χ1) is 11.1. The van der Waals surface area contributed by atoms with Crippen molar-refractivity contribution in [1.29, 1.82) is 0 Å². The maximum atomic E-state index is 12.1. The molecule has 2 fully saturated rings. The minimum Gasteiger partial charge on any atom is -0.383 e. The third kappa shape index (κ3) is 3.90. The van der Waals surface area contributed by atoms with E-state index in [-0.39, 0.29) is 11.3 Å². The van der Waals surface area contributed by atoms with Crippen molar-refractivity contribution in [2.75, 3.05) is 39.9 Å². The number of amides is 1. The second-order valence-electron chi connectivity index (χ2n) is 6.82. The fourth-order valence-corrected chi connectivity index (χ4v) is 3.70. The highest BCUT2D eigenvalue weighted by atomic mass is 16.5. The third-order valence-corrected chi connectivity index (χ3v) is 5.16. The standard InChI is InChI=1S/C16H26N4O3/c1-13-17-14(23-18-13)11-19-7-5-16(6-8-19)4-3-15(21)20(12-16)9-10-22-2/h3-12H2,1-2H3. The third-order valence-electron chi connectivity index (χ3n) is 5.16. The van der Waals surface area contributed by atoms with Crippen LogP contribution >= 0.6 is 0 Å². The first-order valence-electron chi connectivity index (χ1n) is 8.38. The molecule has 7 heteroatoms. The van der Waals surface area contributed by atoms with Gasteiger partial charge >= 0.3 is 0 Å². The summed E-state index contributed by atoms with van der Waals surface area (Å²) < 4.78 is 10.3. The van der Waals surface area contributed by atoms with Gasteiger partial charge in [-0.15, -0.1) is 0 Å². The molecule has 0 unspecified atom stereocenters. The summed E-state index contributed by atoms with van der Waals surface area (Å²) in [6.45, 7) is 6.81. The van der Waals surface area contributed by atoms with Gasteiger partial charge in [0.15, 0.2) is 5.82 Å². The van der Waals surface area contributed by atoms with E-state index in [1.54, 1.807) is 7.11 Å². The van der Waals surface area contributed by atoms with Gasteiger partial charge in [0.05, 0.1) is 13.2 Å². The van der Waals surface area contributed by atoms with Crippen LogP contribution in [0.1, 0.15) is 37.4 Å². The number of carbonyl (C=O) groups excluding carboxylic acids is 1. The molecule has 0 aromatic carbocycles. The lowest BCUT2D eigenvalue weighted by molar-refractivity contribution is -0.140. The summed E-state index contributed by atoms with van der Waals surface area (Å²) >= 11 is 0. The Labute approximate surface area is 137 Å². The van der Waals surface area contributed by atoms with Gasteiger partial charge in [-0.25, -0.2) is 0 Å². The van der Waals surface area contributed by atoms with Crippen LogP contribution in [0.2, 0.25) is 0 Å². The Hall–Kier alpha value is -1.47. The Morgan fingerprint density at radius 1 is 1.30 bits per heavy atom. The summed E-state index contributed by atoms with van der Waals surface area (Å²) in [6, 6.07) is 0. The molecule has 0 saturated carbocycles. The molecule has 3 rings (SSSR count). The Kier molecular flexibility index (Phi) is 4.96. The molecule has 2 aliphatic heterocycles. The van der Waals surface area contributed by atoms with Crippen LogP contribution in [0.3, 0.4) is 0 Å². The maximum Gasteiger partial charge on any atom is 0.240 e. The van der Waals surface area contributed by atoms with Crippen molar-refractivity contribution in [2.24, 2.45) is 5.41 Å². The number of nitrogens with zero attached hydrogens (tertiary/aromatic N) is 4. The van der Waals surface area contributed by atoms with Gasteiger partial charge in [0.2, 0.25) is 11.8 Å². The van der Waals surface area contributed by atoms with Crippen molar-refractivity contribution in [3.8, 4) is 0 Å². The van der Waals surface area contributed by atoms with Gasteiger partial charge in [0.25, 0.3) is 0 Å². The topological polar surface area (TPSA) is 71.7 Å². The van der Waals surface area contributed by atoms with E-state index in [0.717, 1.165) is 45.4 Å². The second kappa shape index (κ2) is 6.97. The Balaban J connectivity index is 1.53. The Morgan fingerprint density at radius 3 is 2.74 bits per heavy atom. The van der Waals surface area contributed by atoms with Crippen LogP contribution in [0.15, 0.2) is 4.52 Å². The van der Waals surface area contributed by atoms with E-state index >= 15 is 0 Å². The first kappa shape index (κ1) is 16.4. The molecule has 1 aromatic heterocycles. The number of carbonyl (C=O) groups is 1. The lowest BCUT2D eigenvalue weighted by Crippen LogP contribution is -2.52. The summed E-state index contributed by atoms with van der Waals surface area (Å²) in [5.74, 6) is 1.66. The van der Waals surface area contributed by atoms with Gasteiger partial charge < -0.3 is 14.2 Å². The molecule has 1 spiro atoms. The number of aryl methyl sites for hydroxylation is 1. The van der Waals surface area contributed by atoms with Crippen LogP contribution in [0.5, 0.6) is 0 Å². The number of methoxy groups -OCH3 is 1. The molecule has 128 valence electrons. The van der Waals surface area contributed by atoms with Crippen molar-refractivity contribution < 1.29 is 14.1 Å². The van der Waals surface area contributed by atoms with Gasteiger partial charge in [0, 0.05) is 26.6 Å². The van der Waals surface area contributed by atoms with E-state index in [1.807, 2.05) is 11.8 Å². The SMILES string of the molecule is COCCN1CC2(CCC1=O)CCN(Cc1nc(C)no1)CC2. The summed E-state index contributed by atoms with van der Waals surface area (Å²) in [4.78, 5) is 20.7. The number of rotatable bonds is 5. The van der Waals surface area contributed by atoms with E-state index in [2.05, 4.69) is 15.0 Å². The Morgan fingerprint density at radius 2 is 2.09 bits per heavy atom. The summed E-state index contributed by atoms with van der Waals surface area (Å²) in [5.41, 5.74) is 0.281. The van der Waals surface area contributed by atoms with Gasteiger partial charge in [-0.3, -0.25) is 9.69 Å². The number of likely N-dealkylation sites (tertiary alicyclic amines) is 2. The summed E-state index contributed by atoms with van der Waals surface area (Å²) in [5, 5.41) is 3.84. The van der Waals surface area contributed by atoms with Gasteiger partial charge in [0.1, 0.15) is 0 Å². The molecule has 1 aromatic rings. The molecule has 2 aliphatic rings. The predicted molar refractivity (Wildman–Crippen MR) is 83.7 cm³/mol. The average molecular weight is 322 g/mol. The Bertz CT molecular complexity index is 537. The summed E-state index contributed by atoms with van der Waals surface area (Å²) in [6.07, 6.45) is 3.93. The van der Waals surface area contributed by atoms with Crippen molar-refractivity contribution in [3.05, 3.63) is 11.7 Å². The molecule has 0 bridgehead atoms. The molecule has 0 radical (unpaired) electrons. The zero-order chi connectivity index (χ0) is 16.3. The lowest BCUT2D eigenvalue weighted by atomic mass is 9.72. The van der Waals surface area contributed by atoms with Crippen LogP contribution in [0, 0.1) is 12.3 Å². The average Bonchev–Trinajstić information content (AvgIpc) is 2.96. The van der Waals surface area contributed by atoms with Crippen molar-refractivity contribution in [1.82, 2.24) is 19.9 Å². The minimum absolute atomic E-state index is 0.274. The molecule has 7 nitrogen and oxygen atoms in total. The van der Waals surface area contributed by atoms with Crippen LogP contribution in [-0.2, 0) is 16.1 Å². The fraction of sp³-hybridized carbons (Fsp3) is 0.812. The van der Waals surface area contributed by atoms with Gasteiger partial charge in [-0.1, -0.05) is 5.16 Å². The molecule has 0 N–H and O–H groups in total. The van der Waals surface area contributed by atoms with Crippen molar-refractivity contribution in [3.63, 3.8) is 0 Å². The van der Waals surface area contributed by atoms with Crippen LogP contribution < -0.4 is 0 Å². The van der Waals surface area contributed by atoms with E-state index < -0.39 is 0 Å². The zero-order valence-electron chi connectivity index (χ0n) is 14.1. The quantitative estimate of drug-likeness (QED) is 0.812. The molecule has 1 amide bonds. The molecule has 0 aliphatic carbocycles. The number of ether oxygens (including phenoxy) is 1.